The highest BCUT2D eigenvalue weighted by molar-refractivity contribution is 9.10. The van der Waals surface area contributed by atoms with Gasteiger partial charge < -0.3 is 29.2 Å². The molecule has 37 heavy (non-hydrogen) atoms. The van der Waals surface area contributed by atoms with Crippen LogP contribution >= 0.6 is 15.9 Å². The summed E-state index contributed by atoms with van der Waals surface area (Å²) >= 11 is 3.66. The third-order valence-electron chi connectivity index (χ3n) is 6.41. The van der Waals surface area contributed by atoms with Crippen LogP contribution in [0.5, 0.6) is 23.0 Å². The number of methoxy groups -OCH3 is 2. The smallest absolute Gasteiger partial charge is 0.255 e. The number of ketones is 1. The van der Waals surface area contributed by atoms with Crippen molar-refractivity contribution in [2.24, 2.45) is 0 Å². The Morgan fingerprint density at radius 3 is 2.49 bits per heavy atom. The molecule has 0 unspecified atom stereocenters. The van der Waals surface area contributed by atoms with Gasteiger partial charge >= 0.3 is 0 Å². The fourth-order valence-electron chi connectivity index (χ4n) is 4.44. The lowest BCUT2D eigenvalue weighted by Crippen LogP contribution is -2.24. The number of rotatable bonds is 6. The Hall–Kier alpha value is -3.98. The number of carbonyl (C=O) groups excluding carboxylic acids is 2. The summed E-state index contributed by atoms with van der Waals surface area (Å²) in [7, 11) is 5.03. The van der Waals surface area contributed by atoms with Crippen LogP contribution in [0.15, 0.2) is 58.7 Å². The van der Waals surface area contributed by atoms with Crippen LogP contribution < -0.4 is 24.3 Å². The highest BCUT2D eigenvalue weighted by Gasteiger charge is 2.31. The monoisotopic (exact) mass is 564 g/mol. The summed E-state index contributed by atoms with van der Waals surface area (Å²) in [6.07, 6.45) is 2.50. The van der Waals surface area contributed by atoms with Crippen LogP contribution in [0.3, 0.4) is 0 Å². The molecule has 0 aromatic heterocycles. The van der Waals surface area contributed by atoms with Crippen molar-refractivity contribution in [3.05, 3.63) is 81.0 Å². The van der Waals surface area contributed by atoms with Gasteiger partial charge in [-0.15, -0.1) is 0 Å². The van der Waals surface area contributed by atoms with Gasteiger partial charge in [-0.2, -0.15) is 0 Å². The van der Waals surface area contributed by atoms with Crippen molar-refractivity contribution in [2.75, 3.05) is 39.9 Å². The van der Waals surface area contributed by atoms with Crippen LogP contribution in [0.25, 0.3) is 6.08 Å². The van der Waals surface area contributed by atoms with Gasteiger partial charge in [-0.05, 0) is 70.4 Å². The zero-order valence-corrected chi connectivity index (χ0v) is 22.2. The average Bonchev–Trinajstić information content (AvgIpc) is 3.34. The largest absolute Gasteiger partial charge is 0.497 e. The van der Waals surface area contributed by atoms with Gasteiger partial charge in [0.1, 0.15) is 5.75 Å². The lowest BCUT2D eigenvalue weighted by Gasteiger charge is -2.20. The van der Waals surface area contributed by atoms with E-state index in [9.17, 15) is 9.59 Å². The Morgan fingerprint density at radius 2 is 1.76 bits per heavy atom. The summed E-state index contributed by atoms with van der Waals surface area (Å²) in [6, 6.07) is 13.7. The topological polar surface area (TPSA) is 86.3 Å². The molecule has 3 aromatic carbocycles. The van der Waals surface area contributed by atoms with E-state index in [2.05, 4.69) is 21.2 Å². The molecule has 3 aromatic rings. The first-order chi connectivity index (χ1) is 17.9. The molecule has 1 N–H and O–H groups in total. The quantitative estimate of drug-likeness (QED) is 0.414. The van der Waals surface area contributed by atoms with E-state index < -0.39 is 0 Å². The maximum atomic E-state index is 13.7. The molecular formula is C28H25BrN2O6. The van der Waals surface area contributed by atoms with Gasteiger partial charge in [0.15, 0.2) is 11.5 Å². The van der Waals surface area contributed by atoms with Crippen LogP contribution in [0.2, 0.25) is 0 Å². The number of amides is 1. The number of hydrogen-bond donors (Lipinski definition) is 1. The van der Waals surface area contributed by atoms with Crippen LogP contribution in [-0.4, -0.2) is 51.2 Å². The molecular weight excluding hydrogens is 540 g/mol. The number of anilines is 1. The van der Waals surface area contributed by atoms with Crippen molar-refractivity contribution >= 4 is 39.4 Å². The Balaban J connectivity index is 1.46. The average molecular weight is 565 g/mol. The van der Waals surface area contributed by atoms with Gasteiger partial charge in [0.2, 0.25) is 18.3 Å². The van der Waals surface area contributed by atoms with Crippen LogP contribution in [0.1, 0.15) is 31.8 Å². The summed E-state index contributed by atoms with van der Waals surface area (Å²) in [6.45, 7) is 0.720. The van der Waals surface area contributed by atoms with Crippen molar-refractivity contribution in [2.45, 2.75) is 6.42 Å². The van der Waals surface area contributed by atoms with E-state index in [1.54, 1.807) is 62.8 Å². The first kappa shape index (κ1) is 24.7. The molecule has 0 radical (unpaired) electrons. The van der Waals surface area contributed by atoms with E-state index in [4.69, 9.17) is 18.9 Å². The van der Waals surface area contributed by atoms with Crippen molar-refractivity contribution in [1.29, 1.82) is 0 Å². The van der Waals surface area contributed by atoms with Crippen LogP contribution in [0, 0.1) is 0 Å². The number of allylic oxidation sites excluding steroid dienone is 1. The summed E-state index contributed by atoms with van der Waals surface area (Å²) in [5, 5.41) is 2.87. The van der Waals surface area contributed by atoms with E-state index in [1.165, 1.54) is 0 Å². The van der Waals surface area contributed by atoms with Gasteiger partial charge in [0.25, 0.3) is 5.91 Å². The SMILES string of the molecule is COc1ccc(C(=O)Nc2cccc(C(=O)C3=Cc4c(c(Br)c5c(c4OC)OCO5)CCN3C)c2)cc1. The predicted octanol–water partition coefficient (Wildman–Crippen LogP) is 5.16. The summed E-state index contributed by atoms with van der Waals surface area (Å²) in [5.41, 5.74) is 3.71. The number of nitrogens with zero attached hydrogens (tertiary/aromatic N) is 1. The fraction of sp³-hybridized carbons (Fsp3) is 0.214. The molecule has 5 rings (SSSR count). The molecule has 2 aliphatic heterocycles. The van der Waals surface area contributed by atoms with E-state index >= 15 is 0 Å². The van der Waals surface area contributed by atoms with Crippen molar-refractivity contribution in [3.63, 3.8) is 0 Å². The van der Waals surface area contributed by atoms with Gasteiger partial charge in [0.05, 0.1) is 24.4 Å². The van der Waals surface area contributed by atoms with E-state index in [1.807, 2.05) is 18.0 Å². The minimum Gasteiger partial charge on any atom is -0.497 e. The van der Waals surface area contributed by atoms with Gasteiger partial charge in [-0.3, -0.25) is 9.59 Å². The van der Waals surface area contributed by atoms with E-state index in [-0.39, 0.29) is 18.5 Å². The van der Waals surface area contributed by atoms with Gasteiger partial charge in [-0.25, -0.2) is 0 Å². The normalized spacial score (nSPS) is 13.8. The number of halogens is 1. The van der Waals surface area contributed by atoms with Crippen molar-refractivity contribution in [3.8, 4) is 23.0 Å². The number of nitrogens with one attached hydrogen (secondary N) is 1. The third kappa shape index (κ3) is 4.62. The predicted molar refractivity (Wildman–Crippen MR) is 143 cm³/mol. The third-order valence-corrected chi connectivity index (χ3v) is 7.25. The first-order valence-corrected chi connectivity index (χ1v) is 12.4. The number of carbonyl (C=O) groups is 2. The highest BCUT2D eigenvalue weighted by atomic mass is 79.9. The second-order valence-corrected chi connectivity index (χ2v) is 9.39. The minimum absolute atomic E-state index is 0.109. The molecule has 0 atom stereocenters. The summed E-state index contributed by atoms with van der Waals surface area (Å²) < 4.78 is 23.0. The lowest BCUT2D eigenvalue weighted by molar-refractivity contribution is 0.0997. The number of benzene rings is 3. The molecule has 0 fully saturated rings. The Bertz CT molecular complexity index is 1420. The molecule has 2 aliphatic rings. The maximum Gasteiger partial charge on any atom is 0.255 e. The second-order valence-electron chi connectivity index (χ2n) is 8.60. The van der Waals surface area contributed by atoms with E-state index in [0.29, 0.717) is 58.5 Å². The Morgan fingerprint density at radius 1 is 1.00 bits per heavy atom. The molecule has 2 heterocycles. The number of ether oxygens (including phenoxy) is 4. The Kier molecular flexibility index (Phi) is 6.80. The zero-order chi connectivity index (χ0) is 26.1. The first-order valence-electron chi connectivity index (χ1n) is 11.6. The van der Waals surface area contributed by atoms with Crippen LogP contribution in [0.4, 0.5) is 5.69 Å². The molecule has 1 amide bonds. The number of likely N-dealkylation sites (N-methyl/N-ethyl adjacent to an activating group) is 1. The fourth-order valence-corrected chi connectivity index (χ4v) is 5.15. The molecule has 0 aliphatic carbocycles. The molecule has 0 saturated heterocycles. The molecule has 190 valence electrons. The van der Waals surface area contributed by atoms with Gasteiger partial charge in [-0.1, -0.05) is 12.1 Å². The van der Waals surface area contributed by atoms with Crippen molar-refractivity contribution in [1.82, 2.24) is 4.90 Å². The lowest BCUT2D eigenvalue weighted by atomic mass is 10.0. The number of Topliss-reactive ketones (excluding diaryl/α,β-unsaturated/α-hetero) is 1. The minimum atomic E-state index is -0.280. The molecule has 8 nitrogen and oxygen atoms in total. The molecule has 0 spiro atoms. The number of hydrogen-bond acceptors (Lipinski definition) is 7. The van der Waals surface area contributed by atoms with Gasteiger partial charge in [0, 0.05) is 36.0 Å². The summed E-state index contributed by atoms with van der Waals surface area (Å²) in [5.74, 6) is 1.88. The standard InChI is InChI=1S/C28H25BrN2O6/c1-31-12-11-20-21(25(35-3)27-26(23(20)29)36-15-37-27)14-22(31)24(32)17-5-4-6-18(13-17)30-28(33)16-7-9-19(34-2)10-8-16/h4-10,13-14H,11-12,15H2,1-3H3,(H,30,33). The summed E-state index contributed by atoms with van der Waals surface area (Å²) in [4.78, 5) is 28.4. The second kappa shape index (κ2) is 10.2. The molecule has 0 saturated carbocycles. The molecule has 9 heteroatoms. The maximum absolute atomic E-state index is 13.7. The highest BCUT2D eigenvalue weighted by Crippen LogP contribution is 2.51. The number of fused-ring (bicyclic) bond motifs is 2. The molecule has 0 bridgehead atoms. The van der Waals surface area contributed by atoms with Crippen LogP contribution in [-0.2, 0) is 6.42 Å². The van der Waals surface area contributed by atoms with Crippen molar-refractivity contribution < 1.29 is 28.5 Å². The van der Waals surface area contributed by atoms with E-state index in [0.717, 1.165) is 15.6 Å². The zero-order valence-electron chi connectivity index (χ0n) is 20.6. The Labute approximate surface area is 222 Å².